The Hall–Kier alpha value is -1.49. The lowest BCUT2D eigenvalue weighted by Gasteiger charge is -2.25. The molecule has 0 saturated heterocycles. The first-order valence-corrected chi connectivity index (χ1v) is 6.44. The lowest BCUT2D eigenvalue weighted by atomic mass is 9.97. The van der Waals surface area contributed by atoms with E-state index in [4.69, 9.17) is 0 Å². The minimum absolute atomic E-state index is 0.114. The highest BCUT2D eigenvalue weighted by Gasteiger charge is 2.25. The van der Waals surface area contributed by atoms with Gasteiger partial charge in [-0.15, -0.1) is 0 Å². The number of benzene rings is 1. The Morgan fingerprint density at radius 2 is 1.89 bits per heavy atom. The van der Waals surface area contributed by atoms with Crippen LogP contribution in [0.2, 0.25) is 0 Å². The Morgan fingerprint density at radius 1 is 1.26 bits per heavy atom. The number of hydrogen-bond donors (Lipinski definition) is 1. The van der Waals surface area contributed by atoms with Crippen LogP contribution < -0.4 is 0 Å². The van der Waals surface area contributed by atoms with E-state index in [-0.39, 0.29) is 17.6 Å². The molecule has 0 aliphatic rings. The van der Waals surface area contributed by atoms with Gasteiger partial charge in [0.05, 0.1) is 18.3 Å². The van der Waals surface area contributed by atoms with E-state index >= 15 is 0 Å². The fourth-order valence-electron chi connectivity index (χ4n) is 2.19. The van der Waals surface area contributed by atoms with E-state index < -0.39 is 17.2 Å². The maximum Gasteiger partial charge on any atom is 0.184 e. The second-order valence-corrected chi connectivity index (χ2v) is 4.99. The van der Waals surface area contributed by atoms with Crippen molar-refractivity contribution in [3.05, 3.63) is 29.5 Å². The average molecular weight is 268 g/mol. The first kappa shape index (κ1) is 13.9. The molecule has 1 aromatic carbocycles. The predicted octanol–water partition coefficient (Wildman–Crippen LogP) is 3.17. The quantitative estimate of drug-likeness (QED) is 0.924. The van der Waals surface area contributed by atoms with Crippen LogP contribution in [0.1, 0.15) is 32.3 Å². The Bertz CT molecular complexity index is 603. The van der Waals surface area contributed by atoms with Crippen LogP contribution >= 0.6 is 0 Å². The van der Waals surface area contributed by atoms with E-state index in [1.807, 2.05) is 13.8 Å². The summed E-state index contributed by atoms with van der Waals surface area (Å²) in [6.45, 7) is 5.39. The van der Waals surface area contributed by atoms with Crippen LogP contribution in [-0.2, 0) is 6.54 Å². The van der Waals surface area contributed by atoms with E-state index in [1.165, 1.54) is 17.8 Å². The summed E-state index contributed by atoms with van der Waals surface area (Å²) in [5.74, 6) is -1.76. The second kappa shape index (κ2) is 4.89. The summed E-state index contributed by atoms with van der Waals surface area (Å²) in [7, 11) is 0. The third kappa shape index (κ3) is 2.34. The Balaban J connectivity index is 2.54. The van der Waals surface area contributed by atoms with Crippen LogP contribution in [0.5, 0.6) is 0 Å². The van der Waals surface area contributed by atoms with Crippen molar-refractivity contribution in [3.63, 3.8) is 0 Å². The molecule has 0 radical (unpaired) electrons. The summed E-state index contributed by atoms with van der Waals surface area (Å²) in [5.41, 5.74) is -0.582. The van der Waals surface area contributed by atoms with Gasteiger partial charge in [-0.05, 0) is 31.4 Å². The maximum atomic E-state index is 14.0. The number of aliphatic hydroxyl groups is 1. The summed E-state index contributed by atoms with van der Waals surface area (Å²) in [6.07, 6.45) is 2.55. The highest BCUT2D eigenvalue weighted by Crippen LogP contribution is 2.26. The number of hydrogen-bond acceptors (Lipinski definition) is 2. The summed E-state index contributed by atoms with van der Waals surface area (Å²) in [5, 5.41) is 14.9. The fourth-order valence-corrected chi connectivity index (χ4v) is 2.19. The third-order valence-corrected chi connectivity index (χ3v) is 3.75. The molecule has 19 heavy (non-hydrogen) atoms. The largest absolute Gasteiger partial charge is 0.388 e. The van der Waals surface area contributed by atoms with Crippen LogP contribution in [0.15, 0.2) is 12.3 Å². The monoisotopic (exact) mass is 268 g/mol. The van der Waals surface area contributed by atoms with Gasteiger partial charge < -0.3 is 5.11 Å². The number of nitrogens with zero attached hydrogens (tertiary/aromatic N) is 2. The fraction of sp³-hybridized carbons (Fsp3) is 0.500. The molecule has 0 bridgehead atoms. The molecule has 2 rings (SSSR count). The van der Waals surface area contributed by atoms with Gasteiger partial charge in [0, 0.05) is 5.39 Å². The van der Waals surface area contributed by atoms with Crippen molar-refractivity contribution in [3.8, 4) is 0 Å². The van der Waals surface area contributed by atoms with E-state index in [0.717, 1.165) is 0 Å². The van der Waals surface area contributed by atoms with Gasteiger partial charge in [-0.2, -0.15) is 5.10 Å². The number of rotatable bonds is 4. The molecule has 0 aliphatic heterocycles. The van der Waals surface area contributed by atoms with Crippen molar-refractivity contribution in [1.82, 2.24) is 9.78 Å². The number of aryl methyl sites for hydroxylation is 1. The molecule has 5 heteroatoms. The SMILES string of the molecule is CCC(O)(CC)Cn1ncc2cc(C)c(F)c(F)c21. The minimum Gasteiger partial charge on any atom is -0.388 e. The molecule has 0 unspecified atom stereocenters. The summed E-state index contributed by atoms with van der Waals surface area (Å²) >= 11 is 0. The second-order valence-electron chi connectivity index (χ2n) is 4.99. The molecule has 0 aliphatic carbocycles. The normalized spacial score (nSPS) is 12.3. The molecule has 0 amide bonds. The molecule has 3 nitrogen and oxygen atoms in total. The minimum atomic E-state index is -0.952. The average Bonchev–Trinajstić information content (AvgIpc) is 2.78. The van der Waals surface area contributed by atoms with E-state index in [2.05, 4.69) is 5.10 Å². The zero-order chi connectivity index (χ0) is 14.2. The highest BCUT2D eigenvalue weighted by molar-refractivity contribution is 5.80. The van der Waals surface area contributed by atoms with Gasteiger partial charge in [0.25, 0.3) is 0 Å². The number of fused-ring (bicyclic) bond motifs is 1. The van der Waals surface area contributed by atoms with Gasteiger partial charge in [0.2, 0.25) is 0 Å². The Labute approximate surface area is 110 Å². The Kier molecular flexibility index (Phi) is 3.58. The van der Waals surface area contributed by atoms with Crippen LogP contribution in [0.4, 0.5) is 8.78 Å². The number of halogens is 2. The van der Waals surface area contributed by atoms with Crippen molar-refractivity contribution in [1.29, 1.82) is 0 Å². The standard InChI is InChI=1S/C14H18F2N2O/c1-4-14(19,5-2)8-18-13-10(7-17-18)6-9(3)11(15)12(13)16/h6-7,19H,4-5,8H2,1-3H3. The topological polar surface area (TPSA) is 38.0 Å². The molecule has 1 N–H and O–H groups in total. The van der Waals surface area contributed by atoms with Crippen LogP contribution in [-0.4, -0.2) is 20.5 Å². The first-order chi connectivity index (χ1) is 8.91. The molecule has 104 valence electrons. The predicted molar refractivity (Wildman–Crippen MR) is 69.9 cm³/mol. The van der Waals surface area contributed by atoms with E-state index in [0.29, 0.717) is 18.2 Å². The van der Waals surface area contributed by atoms with Crippen molar-refractivity contribution >= 4 is 10.9 Å². The Morgan fingerprint density at radius 3 is 2.47 bits per heavy atom. The molecular formula is C14H18F2N2O. The van der Waals surface area contributed by atoms with Crippen molar-refractivity contribution in [2.75, 3.05) is 0 Å². The van der Waals surface area contributed by atoms with Crippen LogP contribution in [0.3, 0.4) is 0 Å². The van der Waals surface area contributed by atoms with Crippen molar-refractivity contribution in [2.24, 2.45) is 0 Å². The lowest BCUT2D eigenvalue weighted by Crippen LogP contribution is -2.33. The highest BCUT2D eigenvalue weighted by atomic mass is 19.2. The molecule has 0 atom stereocenters. The molecule has 0 spiro atoms. The first-order valence-electron chi connectivity index (χ1n) is 6.44. The van der Waals surface area contributed by atoms with Crippen molar-refractivity contribution < 1.29 is 13.9 Å². The maximum absolute atomic E-state index is 14.0. The summed E-state index contributed by atoms with van der Waals surface area (Å²) in [6, 6.07) is 1.56. The van der Waals surface area contributed by atoms with Crippen molar-refractivity contribution in [2.45, 2.75) is 45.8 Å². The van der Waals surface area contributed by atoms with Gasteiger partial charge >= 0.3 is 0 Å². The molecule has 2 aromatic rings. The van der Waals surface area contributed by atoms with E-state index in [1.54, 1.807) is 6.07 Å². The molecule has 1 aromatic heterocycles. The van der Waals surface area contributed by atoms with E-state index in [9.17, 15) is 13.9 Å². The number of aromatic nitrogens is 2. The van der Waals surface area contributed by atoms with Gasteiger partial charge in [-0.3, -0.25) is 4.68 Å². The summed E-state index contributed by atoms with van der Waals surface area (Å²) < 4.78 is 29.0. The zero-order valence-electron chi connectivity index (χ0n) is 11.4. The van der Waals surface area contributed by atoms with Crippen LogP contribution in [0, 0.1) is 18.6 Å². The molecule has 0 saturated carbocycles. The molecule has 0 fully saturated rings. The van der Waals surface area contributed by atoms with Gasteiger partial charge in [0.15, 0.2) is 11.6 Å². The zero-order valence-corrected chi connectivity index (χ0v) is 11.4. The van der Waals surface area contributed by atoms with Crippen LogP contribution in [0.25, 0.3) is 10.9 Å². The molecular weight excluding hydrogens is 250 g/mol. The smallest absolute Gasteiger partial charge is 0.184 e. The van der Waals surface area contributed by atoms with Gasteiger partial charge in [-0.25, -0.2) is 8.78 Å². The lowest BCUT2D eigenvalue weighted by molar-refractivity contribution is 0.0129. The summed E-state index contributed by atoms with van der Waals surface area (Å²) in [4.78, 5) is 0. The molecule has 1 heterocycles. The van der Waals surface area contributed by atoms with Gasteiger partial charge in [0.1, 0.15) is 5.52 Å². The van der Waals surface area contributed by atoms with Gasteiger partial charge in [-0.1, -0.05) is 13.8 Å². The third-order valence-electron chi connectivity index (χ3n) is 3.75.